The zero-order chi connectivity index (χ0) is 20.3. The predicted octanol–water partition coefficient (Wildman–Crippen LogP) is 4.18. The standard InChI is InChI=1S/C19H15Cl3N2O4/c20-12-4-6-13(7-5-12)24-9-11(8-17(24)26)19(27)28-10-16(25)23-15-3-1-2-14(21)18(15)22/h1-7,11H,8-10H2,(H,23,25)/t11-/m0/s1. The minimum atomic E-state index is -0.647. The smallest absolute Gasteiger partial charge is 0.311 e. The van der Waals surface area contributed by atoms with Crippen LogP contribution in [-0.2, 0) is 19.1 Å². The Labute approximate surface area is 176 Å². The number of anilines is 2. The summed E-state index contributed by atoms with van der Waals surface area (Å²) < 4.78 is 5.05. The van der Waals surface area contributed by atoms with Gasteiger partial charge in [-0.3, -0.25) is 14.4 Å². The van der Waals surface area contributed by atoms with Crippen molar-refractivity contribution in [2.45, 2.75) is 6.42 Å². The van der Waals surface area contributed by atoms with Crippen LogP contribution in [0.1, 0.15) is 6.42 Å². The first-order chi connectivity index (χ1) is 13.3. The Morgan fingerprint density at radius 3 is 2.54 bits per heavy atom. The third-order valence-corrected chi connectivity index (χ3v) is 5.24. The first-order valence-electron chi connectivity index (χ1n) is 8.31. The van der Waals surface area contributed by atoms with Crippen molar-refractivity contribution in [1.29, 1.82) is 0 Å². The van der Waals surface area contributed by atoms with Gasteiger partial charge in [0, 0.05) is 23.7 Å². The molecule has 0 unspecified atom stereocenters. The largest absolute Gasteiger partial charge is 0.455 e. The summed E-state index contributed by atoms with van der Waals surface area (Å²) in [5.74, 6) is -2.02. The van der Waals surface area contributed by atoms with Gasteiger partial charge in [-0.25, -0.2) is 0 Å². The highest BCUT2D eigenvalue weighted by Gasteiger charge is 2.36. The molecule has 1 N–H and O–H groups in total. The lowest BCUT2D eigenvalue weighted by molar-refractivity contribution is -0.151. The molecule has 0 aliphatic carbocycles. The van der Waals surface area contributed by atoms with Gasteiger partial charge in [0.15, 0.2) is 6.61 Å². The van der Waals surface area contributed by atoms with Crippen molar-refractivity contribution in [3.8, 4) is 0 Å². The summed E-state index contributed by atoms with van der Waals surface area (Å²) in [7, 11) is 0. The quantitative estimate of drug-likeness (QED) is 0.706. The van der Waals surface area contributed by atoms with Crippen LogP contribution in [0.5, 0.6) is 0 Å². The number of hydrogen-bond donors (Lipinski definition) is 1. The second kappa shape index (κ2) is 8.82. The molecule has 1 heterocycles. The Morgan fingerprint density at radius 2 is 1.82 bits per heavy atom. The van der Waals surface area contributed by atoms with Crippen molar-refractivity contribution < 1.29 is 19.1 Å². The van der Waals surface area contributed by atoms with E-state index in [0.717, 1.165) is 0 Å². The number of nitrogens with zero attached hydrogens (tertiary/aromatic N) is 1. The molecule has 2 amide bonds. The Balaban J connectivity index is 1.53. The summed E-state index contributed by atoms with van der Waals surface area (Å²) in [4.78, 5) is 37.9. The van der Waals surface area contributed by atoms with Crippen LogP contribution in [0, 0.1) is 5.92 Å². The van der Waals surface area contributed by atoms with Gasteiger partial charge in [0.05, 0.1) is 21.7 Å². The molecule has 0 bridgehead atoms. The molecule has 6 nitrogen and oxygen atoms in total. The van der Waals surface area contributed by atoms with Crippen molar-refractivity contribution >= 4 is 64.0 Å². The summed E-state index contributed by atoms with van der Waals surface area (Å²) in [6.07, 6.45) is 0.0171. The van der Waals surface area contributed by atoms with Gasteiger partial charge in [0.2, 0.25) is 5.91 Å². The highest BCUT2D eigenvalue weighted by atomic mass is 35.5. The number of nitrogens with one attached hydrogen (secondary N) is 1. The van der Waals surface area contributed by atoms with E-state index in [2.05, 4.69) is 5.32 Å². The van der Waals surface area contributed by atoms with Crippen molar-refractivity contribution in [3.63, 3.8) is 0 Å². The maximum absolute atomic E-state index is 12.3. The van der Waals surface area contributed by atoms with Crippen molar-refractivity contribution in [1.82, 2.24) is 0 Å². The fourth-order valence-corrected chi connectivity index (χ4v) is 3.25. The number of halogens is 3. The highest BCUT2D eigenvalue weighted by Crippen LogP contribution is 2.30. The Kier molecular flexibility index (Phi) is 6.44. The van der Waals surface area contributed by atoms with Crippen LogP contribution in [0.3, 0.4) is 0 Å². The van der Waals surface area contributed by atoms with Gasteiger partial charge in [0.25, 0.3) is 5.91 Å². The zero-order valence-corrected chi connectivity index (χ0v) is 16.7. The number of ether oxygens (including phenoxy) is 1. The van der Waals surface area contributed by atoms with Crippen molar-refractivity contribution in [2.75, 3.05) is 23.4 Å². The van der Waals surface area contributed by atoms with Crippen LogP contribution in [0.25, 0.3) is 0 Å². The van der Waals surface area contributed by atoms with E-state index in [4.69, 9.17) is 39.5 Å². The third-order valence-electron chi connectivity index (χ3n) is 4.17. The van der Waals surface area contributed by atoms with Crippen LogP contribution in [0.15, 0.2) is 42.5 Å². The third kappa shape index (κ3) is 4.76. The van der Waals surface area contributed by atoms with E-state index in [1.54, 1.807) is 42.5 Å². The first kappa shape index (κ1) is 20.5. The summed E-state index contributed by atoms with van der Waals surface area (Å²) in [5.41, 5.74) is 0.971. The fourth-order valence-electron chi connectivity index (χ4n) is 2.78. The summed E-state index contributed by atoms with van der Waals surface area (Å²) >= 11 is 17.7. The number of amides is 2. The van der Waals surface area contributed by atoms with Gasteiger partial charge in [-0.15, -0.1) is 0 Å². The lowest BCUT2D eigenvalue weighted by Crippen LogP contribution is -2.28. The molecule has 1 aliphatic rings. The molecule has 1 saturated heterocycles. The minimum absolute atomic E-state index is 0.0171. The summed E-state index contributed by atoms with van der Waals surface area (Å²) in [6, 6.07) is 11.5. The zero-order valence-electron chi connectivity index (χ0n) is 14.5. The monoisotopic (exact) mass is 440 g/mol. The summed E-state index contributed by atoms with van der Waals surface area (Å²) in [6.45, 7) is -0.311. The normalized spacial score (nSPS) is 16.2. The van der Waals surface area contributed by atoms with Gasteiger partial charge in [-0.1, -0.05) is 40.9 Å². The van der Waals surface area contributed by atoms with Gasteiger partial charge in [-0.2, -0.15) is 0 Å². The number of rotatable bonds is 5. The topological polar surface area (TPSA) is 75.7 Å². The molecule has 0 aromatic heterocycles. The van der Waals surface area contributed by atoms with Crippen LogP contribution in [-0.4, -0.2) is 30.9 Å². The molecule has 1 fully saturated rings. The van der Waals surface area contributed by atoms with Gasteiger partial charge in [-0.05, 0) is 36.4 Å². The van der Waals surface area contributed by atoms with E-state index in [1.807, 2.05) is 0 Å². The molecule has 0 spiro atoms. The number of benzene rings is 2. The van der Waals surface area contributed by atoms with E-state index in [-0.39, 0.29) is 23.9 Å². The van der Waals surface area contributed by atoms with Crippen molar-refractivity contribution in [3.05, 3.63) is 57.5 Å². The first-order valence-corrected chi connectivity index (χ1v) is 9.45. The van der Waals surface area contributed by atoms with Gasteiger partial charge >= 0.3 is 5.97 Å². The Hall–Kier alpha value is -2.28. The maximum atomic E-state index is 12.3. The second-order valence-electron chi connectivity index (χ2n) is 6.14. The molecular formula is C19H15Cl3N2O4. The molecule has 2 aromatic rings. The molecule has 1 atom stereocenters. The SMILES string of the molecule is O=C(COC(=O)[C@H]1CC(=O)N(c2ccc(Cl)cc2)C1)Nc1cccc(Cl)c1Cl. The predicted molar refractivity (Wildman–Crippen MR) is 108 cm³/mol. The molecule has 3 rings (SSSR count). The molecule has 146 valence electrons. The number of esters is 1. The van der Waals surface area contributed by atoms with Crippen LogP contribution < -0.4 is 10.2 Å². The molecule has 2 aromatic carbocycles. The van der Waals surface area contributed by atoms with Gasteiger partial charge in [0.1, 0.15) is 0 Å². The Morgan fingerprint density at radius 1 is 1.11 bits per heavy atom. The minimum Gasteiger partial charge on any atom is -0.455 e. The van der Waals surface area contributed by atoms with Gasteiger partial charge < -0.3 is 15.0 Å². The van der Waals surface area contributed by atoms with E-state index in [9.17, 15) is 14.4 Å². The fraction of sp³-hybridized carbons (Fsp3) is 0.211. The van der Waals surface area contributed by atoms with E-state index in [1.165, 1.54) is 4.90 Å². The molecule has 1 aliphatic heterocycles. The Bertz CT molecular complexity index is 918. The average Bonchev–Trinajstić information content (AvgIpc) is 3.06. The molecule has 0 saturated carbocycles. The lowest BCUT2D eigenvalue weighted by atomic mass is 10.1. The number of hydrogen-bond acceptors (Lipinski definition) is 4. The second-order valence-corrected chi connectivity index (χ2v) is 7.36. The molecule has 9 heteroatoms. The van der Waals surface area contributed by atoms with Crippen LogP contribution >= 0.6 is 34.8 Å². The van der Waals surface area contributed by atoms with Crippen LogP contribution in [0.2, 0.25) is 15.1 Å². The highest BCUT2D eigenvalue weighted by molar-refractivity contribution is 6.44. The number of carbonyl (C=O) groups is 3. The van der Waals surface area contributed by atoms with E-state index >= 15 is 0 Å². The lowest BCUT2D eigenvalue weighted by Gasteiger charge is -2.16. The van der Waals surface area contributed by atoms with E-state index in [0.29, 0.717) is 21.4 Å². The number of carbonyl (C=O) groups excluding carboxylic acids is 3. The van der Waals surface area contributed by atoms with E-state index < -0.39 is 24.4 Å². The molecule has 0 radical (unpaired) electrons. The molecular weight excluding hydrogens is 427 g/mol. The summed E-state index contributed by atoms with van der Waals surface area (Å²) in [5, 5.41) is 3.57. The molecule has 28 heavy (non-hydrogen) atoms. The average molecular weight is 442 g/mol. The maximum Gasteiger partial charge on any atom is 0.311 e. The van der Waals surface area contributed by atoms with Crippen molar-refractivity contribution in [2.24, 2.45) is 5.92 Å². The van der Waals surface area contributed by atoms with Crippen LogP contribution in [0.4, 0.5) is 11.4 Å².